The number of nitrogens with two attached hydrogens (primary N) is 1. The molecule has 0 spiro atoms. The number of nitrogens with zero attached hydrogens (tertiary/aromatic N) is 4. The van der Waals surface area contributed by atoms with Crippen molar-refractivity contribution in [3.8, 4) is 5.88 Å². The highest BCUT2D eigenvalue weighted by Crippen LogP contribution is 2.45. The molecule has 1 fully saturated rings. The molecule has 18 heteroatoms. The van der Waals surface area contributed by atoms with Gasteiger partial charge in [0.25, 0.3) is 0 Å². The van der Waals surface area contributed by atoms with Crippen LogP contribution in [-0.4, -0.2) is 98.5 Å². The zero-order chi connectivity index (χ0) is 34.4. The average molecular weight is 674 g/mol. The second-order valence-electron chi connectivity index (χ2n) is 12.1. The van der Waals surface area contributed by atoms with Crippen LogP contribution in [0.4, 0.5) is 5.95 Å². The van der Waals surface area contributed by atoms with E-state index in [9.17, 15) is 24.4 Å². The summed E-state index contributed by atoms with van der Waals surface area (Å²) in [6, 6.07) is -2.13. The van der Waals surface area contributed by atoms with E-state index < -0.39 is 62.3 Å². The first-order valence-electron chi connectivity index (χ1n) is 15.3. The number of fused-ring (bicyclic) bond motifs is 1. The predicted octanol–water partition coefficient (Wildman–Crippen LogP) is 1.69. The fourth-order valence-corrected chi connectivity index (χ4v) is 6.95. The molecule has 2 aromatic heterocycles. The molecule has 3 heterocycles. The lowest BCUT2D eigenvalue weighted by Crippen LogP contribution is -2.47. The van der Waals surface area contributed by atoms with E-state index in [1.807, 2.05) is 27.7 Å². The summed E-state index contributed by atoms with van der Waals surface area (Å²) in [5.41, 5.74) is 4.34. The summed E-state index contributed by atoms with van der Waals surface area (Å²) in [5, 5.41) is 28.1. The number of imidazole rings is 1. The molecule has 1 aliphatic rings. The largest absolute Gasteiger partial charge is 0.479 e. The summed E-state index contributed by atoms with van der Waals surface area (Å²) in [4.78, 5) is 38.2. The van der Waals surface area contributed by atoms with Crippen molar-refractivity contribution in [3.63, 3.8) is 0 Å². The fraction of sp³-hybridized carbons (Fsp3) is 0.750. The Balaban J connectivity index is 1.94. The zero-order valence-electron chi connectivity index (χ0n) is 27.6. The van der Waals surface area contributed by atoms with Crippen LogP contribution in [0.2, 0.25) is 0 Å². The number of ether oxygens (including phenoxy) is 4. The van der Waals surface area contributed by atoms with Crippen LogP contribution < -0.4 is 20.6 Å². The SMILES string of the molecule is CCOC(=O)[C@@H](CC(C)C)NP(=O)(N[C@H](CC(C)C)C(=O)OCC)OC[C@H]1O[C@@H](n2cnc3c(OC)nc(N)nc32)[C@@](C)(O)C1O. The maximum absolute atomic E-state index is 14.5. The van der Waals surface area contributed by atoms with Crippen LogP contribution >= 0.6 is 7.67 Å². The standard InChI is InChI=1S/C28H48N7O10P/c1-9-42-24(37)17(11-15(3)4)33-46(40,34-18(12-16(5)6)25(38)43-10-2)44-13-19-21(36)28(7,39)26(45-19)35-14-30-20-22(35)31-27(29)32-23(20)41-8/h14-19,21,26,36,39H,9-13H2,1-8H3,(H2,29,31,32)(H2,33,34,40)/t17-,18-,19-,21?,26-,28+/m1/s1. The number of rotatable bonds is 17. The predicted molar refractivity (Wildman–Crippen MR) is 166 cm³/mol. The number of hydrogen-bond acceptors (Lipinski definition) is 14. The van der Waals surface area contributed by atoms with Gasteiger partial charge in [0.1, 0.15) is 29.9 Å². The van der Waals surface area contributed by atoms with Gasteiger partial charge in [0.05, 0.1) is 33.3 Å². The van der Waals surface area contributed by atoms with Gasteiger partial charge < -0.3 is 39.4 Å². The second kappa shape index (κ2) is 15.8. The number of aromatic nitrogens is 4. The van der Waals surface area contributed by atoms with Crippen LogP contribution in [0.5, 0.6) is 5.88 Å². The first-order chi connectivity index (χ1) is 21.6. The summed E-state index contributed by atoms with van der Waals surface area (Å²) < 4.78 is 43.5. The van der Waals surface area contributed by atoms with Crippen molar-refractivity contribution in [1.82, 2.24) is 29.7 Å². The average Bonchev–Trinajstić information content (AvgIpc) is 3.47. The Labute approximate surface area is 268 Å². The lowest BCUT2D eigenvalue weighted by atomic mass is 9.96. The first kappa shape index (κ1) is 37.5. The van der Waals surface area contributed by atoms with Crippen molar-refractivity contribution in [1.29, 1.82) is 0 Å². The van der Waals surface area contributed by atoms with Gasteiger partial charge in [-0.2, -0.15) is 9.97 Å². The van der Waals surface area contributed by atoms with E-state index in [1.54, 1.807) is 13.8 Å². The van der Waals surface area contributed by atoms with Crippen molar-refractivity contribution >= 4 is 36.7 Å². The molecule has 1 unspecified atom stereocenters. The smallest absolute Gasteiger partial charge is 0.342 e. The number of nitrogen functional groups attached to an aromatic ring is 1. The van der Waals surface area contributed by atoms with E-state index in [0.717, 1.165) is 0 Å². The van der Waals surface area contributed by atoms with E-state index >= 15 is 0 Å². The number of carbonyl (C=O) groups is 2. The van der Waals surface area contributed by atoms with Gasteiger partial charge >= 0.3 is 19.6 Å². The molecule has 6 atom stereocenters. The number of nitrogens with one attached hydrogen (secondary N) is 2. The molecule has 6 N–H and O–H groups in total. The van der Waals surface area contributed by atoms with E-state index in [2.05, 4.69) is 25.1 Å². The minimum atomic E-state index is -4.30. The van der Waals surface area contributed by atoms with Gasteiger partial charge in [-0.1, -0.05) is 27.7 Å². The quantitative estimate of drug-likeness (QED) is 0.119. The number of carbonyl (C=O) groups excluding carboxylic acids is 2. The minimum Gasteiger partial charge on any atom is -0.479 e. The molecule has 1 aliphatic heterocycles. The molecule has 46 heavy (non-hydrogen) atoms. The number of hydrogen-bond donors (Lipinski definition) is 5. The zero-order valence-corrected chi connectivity index (χ0v) is 28.5. The Bertz CT molecular complexity index is 1350. The van der Waals surface area contributed by atoms with Crippen LogP contribution in [0, 0.1) is 11.8 Å². The van der Waals surface area contributed by atoms with Crippen LogP contribution in [0.25, 0.3) is 11.2 Å². The molecule has 0 amide bonds. The molecule has 260 valence electrons. The molecular formula is C28H48N7O10P. The summed E-state index contributed by atoms with van der Waals surface area (Å²) >= 11 is 0. The van der Waals surface area contributed by atoms with E-state index in [1.165, 1.54) is 24.9 Å². The van der Waals surface area contributed by atoms with Gasteiger partial charge in [0.2, 0.25) is 11.8 Å². The Morgan fingerprint density at radius 1 is 1.09 bits per heavy atom. The summed E-state index contributed by atoms with van der Waals surface area (Å²) in [7, 11) is -2.91. The lowest BCUT2D eigenvalue weighted by molar-refractivity contribution is -0.146. The fourth-order valence-electron chi connectivity index (χ4n) is 5.13. The van der Waals surface area contributed by atoms with Crippen LogP contribution in [0.1, 0.15) is 67.5 Å². The van der Waals surface area contributed by atoms with Gasteiger partial charge in [-0.05, 0) is 45.4 Å². The highest BCUT2D eigenvalue weighted by molar-refractivity contribution is 7.54. The second-order valence-corrected chi connectivity index (χ2v) is 14.0. The number of aliphatic hydroxyl groups is 2. The van der Waals surface area contributed by atoms with Gasteiger partial charge in [-0.25, -0.2) is 15.2 Å². The first-order valence-corrected chi connectivity index (χ1v) is 16.9. The van der Waals surface area contributed by atoms with Crippen molar-refractivity contribution in [2.24, 2.45) is 11.8 Å². The molecule has 0 saturated carbocycles. The Morgan fingerprint density at radius 3 is 2.11 bits per heavy atom. The molecule has 1 saturated heterocycles. The molecule has 0 radical (unpaired) electrons. The number of esters is 2. The van der Waals surface area contributed by atoms with Gasteiger partial charge in [0, 0.05) is 0 Å². The third-order valence-corrected chi connectivity index (χ3v) is 9.05. The van der Waals surface area contributed by atoms with E-state index in [-0.39, 0.29) is 60.9 Å². The molecule has 0 aromatic carbocycles. The van der Waals surface area contributed by atoms with Gasteiger partial charge in [-0.3, -0.25) is 18.7 Å². The molecule has 3 rings (SSSR count). The normalized spacial score (nSPS) is 23.2. The number of anilines is 1. The number of methoxy groups -OCH3 is 1. The van der Waals surface area contributed by atoms with Crippen LogP contribution in [-0.2, 0) is 32.9 Å². The monoisotopic (exact) mass is 673 g/mol. The van der Waals surface area contributed by atoms with Crippen molar-refractivity contribution in [3.05, 3.63) is 6.33 Å². The van der Waals surface area contributed by atoms with Crippen LogP contribution in [0.3, 0.4) is 0 Å². The van der Waals surface area contributed by atoms with Crippen molar-refractivity contribution in [2.75, 3.05) is 32.7 Å². The third-order valence-electron chi connectivity index (χ3n) is 7.24. The summed E-state index contributed by atoms with van der Waals surface area (Å²) in [6.45, 7) is 11.8. The van der Waals surface area contributed by atoms with Gasteiger partial charge in [0.15, 0.2) is 17.4 Å². The highest BCUT2D eigenvalue weighted by Gasteiger charge is 2.54. The Kier molecular flexibility index (Phi) is 12.9. The molecule has 17 nitrogen and oxygen atoms in total. The van der Waals surface area contributed by atoms with Crippen molar-refractivity contribution < 1.29 is 47.8 Å². The maximum atomic E-state index is 14.5. The third kappa shape index (κ3) is 8.91. The number of aliphatic hydroxyl groups excluding tert-OH is 1. The molecular weight excluding hydrogens is 625 g/mol. The maximum Gasteiger partial charge on any atom is 0.342 e. The van der Waals surface area contributed by atoms with E-state index in [0.29, 0.717) is 0 Å². The minimum absolute atomic E-state index is 0.0100. The van der Waals surface area contributed by atoms with E-state index in [4.69, 9.17) is 29.2 Å². The molecule has 0 bridgehead atoms. The van der Waals surface area contributed by atoms with Crippen LogP contribution in [0.15, 0.2) is 6.33 Å². The highest BCUT2D eigenvalue weighted by atomic mass is 31.2. The molecule has 0 aliphatic carbocycles. The Morgan fingerprint density at radius 2 is 1.63 bits per heavy atom. The summed E-state index contributed by atoms with van der Waals surface area (Å²) in [6.07, 6.45) is -2.24. The van der Waals surface area contributed by atoms with Gasteiger partial charge in [-0.15, -0.1) is 0 Å². The molecule has 2 aromatic rings. The topological polar surface area (TPSA) is 232 Å². The van der Waals surface area contributed by atoms with Crippen molar-refractivity contribution in [2.45, 2.75) is 97.4 Å². The Hall–Kier alpha value is -2.92. The lowest BCUT2D eigenvalue weighted by Gasteiger charge is -2.30. The summed E-state index contributed by atoms with van der Waals surface area (Å²) in [5.74, 6) is -1.33.